The molecule has 2 rings (SSSR count). The standard InChI is InChI=1S/C64H113N13O12/c1-26-44-60(85)71(19)43(17)59(84)72(20)46(30-35(4)5)56(81)69-50(38(10)11)63(88)73(21)45(29-34(2)3)55(80)66-41(15)54(79)67-42(16)58(83)74(22)47(31-36(6)7)61(86)75(23)48(32-37(8)9)62(87)76(24)51(39(12)13)64(89)77(25)52(57(82)68-44)53(78)40(14)33-49-65-27-28-70(49)18/h27-28,34-48,50-53,78H,26,29-33H2,1-25H3,(H,66,80)(H,67,79)(H,68,82)(H,69,81)/t40-,41+,42-,43-,44+,45+,46+,47+,48+,50+,51+,52-,53-/m1/s1. The Bertz CT molecular complexity index is 2610. The molecule has 0 aromatic carbocycles. The first-order valence-electron chi connectivity index (χ1n) is 31.8. The number of hydrogen-bond acceptors (Lipinski definition) is 13. The molecule has 5 N–H and O–H groups in total. The average Bonchev–Trinajstić information content (AvgIpc) is 1.15. The molecule has 89 heavy (non-hydrogen) atoms. The second kappa shape index (κ2) is 34.5. The van der Waals surface area contributed by atoms with Crippen LogP contribution in [0.2, 0.25) is 0 Å². The third-order valence-corrected chi connectivity index (χ3v) is 17.3. The zero-order valence-corrected chi connectivity index (χ0v) is 58.3. The number of aliphatic hydroxyl groups excluding tert-OH is 1. The minimum Gasteiger partial charge on any atom is -0.390 e. The fourth-order valence-corrected chi connectivity index (χ4v) is 11.4. The monoisotopic (exact) mass is 1260 g/mol. The lowest BCUT2D eigenvalue weighted by molar-refractivity contribution is -0.157. The molecule has 25 heteroatoms. The van der Waals surface area contributed by atoms with Crippen molar-refractivity contribution in [1.29, 1.82) is 0 Å². The maximum absolute atomic E-state index is 15.3. The summed E-state index contributed by atoms with van der Waals surface area (Å²) < 4.78 is 1.76. The Morgan fingerprint density at radius 1 is 0.438 bits per heavy atom. The van der Waals surface area contributed by atoms with Gasteiger partial charge in [-0.15, -0.1) is 0 Å². The van der Waals surface area contributed by atoms with Gasteiger partial charge in [-0.2, -0.15) is 0 Å². The molecule has 0 spiro atoms. The number of aryl methyl sites for hydroxylation is 1. The Morgan fingerprint density at radius 3 is 1.29 bits per heavy atom. The lowest BCUT2D eigenvalue weighted by atomic mass is 9.91. The van der Waals surface area contributed by atoms with Crippen LogP contribution in [0.3, 0.4) is 0 Å². The molecule has 25 nitrogen and oxygen atoms in total. The minimum absolute atomic E-state index is 0.00350. The molecule has 0 aliphatic carbocycles. The van der Waals surface area contributed by atoms with Gasteiger partial charge < -0.3 is 65.2 Å². The molecule has 0 radical (unpaired) electrons. The molecule has 0 unspecified atom stereocenters. The van der Waals surface area contributed by atoms with Crippen LogP contribution in [0.15, 0.2) is 12.4 Å². The number of likely N-dealkylation sites (N-methyl/N-ethyl adjacent to an activating group) is 7. The zero-order chi connectivity index (χ0) is 68.7. The lowest BCUT2D eigenvalue weighted by Crippen LogP contribution is -2.64. The summed E-state index contributed by atoms with van der Waals surface area (Å²) >= 11 is 0. The number of aromatic nitrogens is 2. The molecule has 1 saturated heterocycles. The lowest BCUT2D eigenvalue weighted by Gasteiger charge is -2.41. The number of rotatable bonds is 15. The van der Waals surface area contributed by atoms with Gasteiger partial charge in [-0.3, -0.25) is 52.7 Å². The Morgan fingerprint density at radius 2 is 0.854 bits per heavy atom. The van der Waals surface area contributed by atoms with Gasteiger partial charge in [-0.25, -0.2) is 4.98 Å². The molecular formula is C64H113N13O12. The van der Waals surface area contributed by atoms with E-state index in [-0.39, 0.29) is 62.2 Å². The van der Waals surface area contributed by atoms with Gasteiger partial charge in [0.2, 0.25) is 65.0 Å². The molecule has 506 valence electrons. The van der Waals surface area contributed by atoms with Gasteiger partial charge in [0.25, 0.3) is 0 Å². The summed E-state index contributed by atoms with van der Waals surface area (Å²) in [5, 5.41) is 23.4. The maximum atomic E-state index is 15.3. The number of aliphatic hydroxyl groups is 1. The van der Waals surface area contributed by atoms with Crippen LogP contribution in [0.5, 0.6) is 0 Å². The summed E-state index contributed by atoms with van der Waals surface area (Å²) in [5.41, 5.74) is 0. The Kier molecular flexibility index (Phi) is 30.4. The summed E-state index contributed by atoms with van der Waals surface area (Å²) in [6.07, 6.45) is 2.46. The van der Waals surface area contributed by atoms with Crippen LogP contribution in [0.4, 0.5) is 0 Å². The van der Waals surface area contributed by atoms with Crippen LogP contribution in [0, 0.1) is 41.4 Å². The van der Waals surface area contributed by atoms with Gasteiger partial charge in [0, 0.05) is 75.2 Å². The van der Waals surface area contributed by atoms with Crippen molar-refractivity contribution in [2.75, 3.05) is 49.3 Å². The van der Waals surface area contributed by atoms with Crippen molar-refractivity contribution >= 4 is 65.0 Å². The van der Waals surface area contributed by atoms with Crippen LogP contribution in [0.1, 0.15) is 156 Å². The highest BCUT2D eigenvalue weighted by Crippen LogP contribution is 2.26. The van der Waals surface area contributed by atoms with E-state index in [4.69, 9.17) is 0 Å². The second-order valence-corrected chi connectivity index (χ2v) is 27.3. The van der Waals surface area contributed by atoms with E-state index in [2.05, 4.69) is 26.3 Å². The SMILES string of the molecule is CC[C@@H]1NC(=O)[C@@H]([C@H](O)[C@H](C)Cc2nccn2C)N(C)C(=O)[C@H](C(C)C)N(C)C(=O)[C@H](CC(C)C)N(C)C(=O)[C@H](CC(C)C)N(C)C(=O)[C@@H](C)NC(=O)[C@H](C)NC(=O)[C@H](CC(C)C)N(C)C(=O)[C@H](C(C)C)NC(=O)[C@H](CC(C)C)N(C)C(=O)[C@@H](C)N(C)C1=O. The molecule has 1 aliphatic rings. The normalized spacial score (nSPS) is 27.0. The third kappa shape index (κ3) is 20.7. The van der Waals surface area contributed by atoms with Crippen molar-refractivity contribution in [3.8, 4) is 0 Å². The second-order valence-electron chi connectivity index (χ2n) is 27.3. The summed E-state index contributed by atoms with van der Waals surface area (Å²) in [7, 11) is 11.7. The largest absolute Gasteiger partial charge is 0.390 e. The molecule has 11 amide bonds. The van der Waals surface area contributed by atoms with Crippen molar-refractivity contribution in [2.24, 2.45) is 48.5 Å². The molecule has 1 fully saturated rings. The Balaban J connectivity index is 3.02. The molecule has 2 heterocycles. The van der Waals surface area contributed by atoms with Crippen molar-refractivity contribution in [3.63, 3.8) is 0 Å². The smallest absolute Gasteiger partial charge is 0.246 e. The number of carbonyl (C=O) groups is 11. The van der Waals surface area contributed by atoms with Crippen LogP contribution >= 0.6 is 0 Å². The topological polar surface area (TPSA) is 297 Å². The van der Waals surface area contributed by atoms with E-state index in [0.717, 1.165) is 9.80 Å². The summed E-state index contributed by atoms with van der Waals surface area (Å²) in [5.74, 6) is -9.47. The van der Waals surface area contributed by atoms with Crippen molar-refractivity contribution in [2.45, 2.75) is 229 Å². The summed E-state index contributed by atoms with van der Waals surface area (Å²) in [6, 6.07) is -13.8. The molecule has 1 aromatic rings. The van der Waals surface area contributed by atoms with Crippen molar-refractivity contribution < 1.29 is 57.8 Å². The first kappa shape index (κ1) is 78.4. The van der Waals surface area contributed by atoms with E-state index in [0.29, 0.717) is 5.82 Å². The first-order valence-corrected chi connectivity index (χ1v) is 31.8. The molecule has 1 aliphatic heterocycles. The van der Waals surface area contributed by atoms with E-state index < -0.39 is 155 Å². The van der Waals surface area contributed by atoms with Gasteiger partial charge in [0.1, 0.15) is 72.3 Å². The predicted molar refractivity (Wildman–Crippen MR) is 341 cm³/mol. The maximum Gasteiger partial charge on any atom is 0.246 e. The molecule has 0 saturated carbocycles. The average molecular weight is 1260 g/mol. The fourth-order valence-electron chi connectivity index (χ4n) is 11.4. The van der Waals surface area contributed by atoms with Crippen molar-refractivity contribution in [1.82, 2.24) is 65.1 Å². The summed E-state index contributed by atoms with van der Waals surface area (Å²) in [6.45, 7) is 29.5. The number of imidazole rings is 1. The fraction of sp³-hybridized carbons (Fsp3) is 0.781. The number of hydrogen-bond donors (Lipinski definition) is 5. The van der Waals surface area contributed by atoms with Gasteiger partial charge in [-0.05, 0) is 94.3 Å². The van der Waals surface area contributed by atoms with Crippen LogP contribution < -0.4 is 21.3 Å². The number of nitrogens with zero attached hydrogens (tertiary/aromatic N) is 9. The van der Waals surface area contributed by atoms with Gasteiger partial charge in [0.05, 0.1) is 6.10 Å². The van der Waals surface area contributed by atoms with E-state index in [9.17, 15) is 38.7 Å². The highest BCUT2D eigenvalue weighted by molar-refractivity contribution is 6.00. The minimum atomic E-state index is -1.68. The highest BCUT2D eigenvalue weighted by Gasteiger charge is 2.46. The van der Waals surface area contributed by atoms with Crippen molar-refractivity contribution in [3.05, 3.63) is 18.2 Å². The van der Waals surface area contributed by atoms with E-state index in [1.807, 2.05) is 55.4 Å². The highest BCUT2D eigenvalue weighted by atomic mass is 16.3. The Labute approximate surface area is 530 Å². The van der Waals surface area contributed by atoms with E-state index in [1.54, 1.807) is 65.6 Å². The molecular weight excluding hydrogens is 1140 g/mol. The van der Waals surface area contributed by atoms with Crippen LogP contribution in [-0.2, 0) is 66.2 Å². The summed E-state index contributed by atoms with van der Waals surface area (Å²) in [4.78, 5) is 175. The van der Waals surface area contributed by atoms with Crippen LogP contribution in [0.25, 0.3) is 0 Å². The first-order chi connectivity index (χ1) is 41.1. The number of amides is 11. The zero-order valence-electron chi connectivity index (χ0n) is 58.3. The quantitative estimate of drug-likeness (QED) is 0.169. The molecule has 13 atom stereocenters. The third-order valence-electron chi connectivity index (χ3n) is 17.3. The van der Waals surface area contributed by atoms with Crippen LogP contribution in [-0.4, -0.2) is 236 Å². The van der Waals surface area contributed by atoms with E-state index in [1.165, 1.54) is 94.6 Å². The van der Waals surface area contributed by atoms with Gasteiger partial charge in [0.15, 0.2) is 0 Å². The number of carbonyl (C=O) groups excluding carboxylic acids is 11. The number of nitrogens with one attached hydrogen (secondary N) is 4. The molecule has 1 aromatic heterocycles. The predicted octanol–water partition coefficient (Wildman–Crippen LogP) is 2.67. The molecule has 0 bridgehead atoms. The van der Waals surface area contributed by atoms with Gasteiger partial charge >= 0.3 is 0 Å². The van der Waals surface area contributed by atoms with Gasteiger partial charge in [-0.1, -0.05) is 96.9 Å². The van der Waals surface area contributed by atoms with E-state index >= 15 is 19.2 Å². The Hall–Kier alpha value is -6.66.